The zero-order valence-electron chi connectivity index (χ0n) is 36.0. The van der Waals surface area contributed by atoms with E-state index in [1.54, 1.807) is 0 Å². The molecule has 3 heterocycles. The molecule has 9 aromatic carbocycles. The lowest BCUT2D eigenvalue weighted by atomic mass is 9.67. The number of aromatic nitrogens is 3. The Bertz CT molecular complexity index is 3690. The lowest BCUT2D eigenvalue weighted by molar-refractivity contribution is 0.768. The van der Waals surface area contributed by atoms with E-state index < -0.39 is 5.41 Å². The molecule has 310 valence electrons. The number of pyridine rings is 1. The van der Waals surface area contributed by atoms with Crippen LogP contribution in [0.15, 0.2) is 255 Å². The van der Waals surface area contributed by atoms with Crippen molar-refractivity contribution < 1.29 is 0 Å². The Labute approximate surface area is 383 Å². The number of para-hydroxylation sites is 2. The minimum absolute atomic E-state index is 0.537. The molecule has 13 rings (SSSR count). The van der Waals surface area contributed by atoms with Gasteiger partial charge in [0.2, 0.25) is 0 Å². The normalized spacial score (nSPS) is 12.7. The first-order valence-corrected chi connectivity index (χ1v) is 22.6. The van der Waals surface area contributed by atoms with Crippen LogP contribution in [0.3, 0.4) is 0 Å². The average molecular weight is 843 g/mol. The van der Waals surface area contributed by atoms with Crippen molar-refractivity contribution in [1.82, 2.24) is 14.1 Å². The molecule has 0 saturated heterocycles. The van der Waals surface area contributed by atoms with E-state index in [0.29, 0.717) is 0 Å². The van der Waals surface area contributed by atoms with Gasteiger partial charge in [0.15, 0.2) is 0 Å². The van der Waals surface area contributed by atoms with Crippen LogP contribution >= 0.6 is 0 Å². The van der Waals surface area contributed by atoms with Gasteiger partial charge in [-0.05, 0) is 130 Å². The number of fused-ring (bicyclic) bond motifs is 7. The Morgan fingerprint density at radius 3 is 1.70 bits per heavy atom. The maximum absolute atomic E-state index is 4.69. The summed E-state index contributed by atoms with van der Waals surface area (Å²) in [5.41, 5.74) is 18.0. The Balaban J connectivity index is 1.07. The second kappa shape index (κ2) is 15.2. The number of anilines is 3. The SMILES string of the molecule is c1ccc(-n2ccc3cc4c(cc32)c2cc(N(c3ccc(-c5ccccn5)cc3)c3ccc5c(c3)C(c3ccccc3)(c3ccccc3)c3ccccc3-5)ccc2n4-c2ccccc2)cc1. The molecule has 1 aliphatic rings. The molecule has 0 aliphatic heterocycles. The molecular weight excluding hydrogens is 801 g/mol. The molecule has 0 fully saturated rings. The highest BCUT2D eigenvalue weighted by molar-refractivity contribution is 6.14. The second-order valence-corrected chi connectivity index (χ2v) is 17.2. The third kappa shape index (κ3) is 5.82. The first-order chi connectivity index (χ1) is 32.7. The molecule has 12 aromatic rings. The predicted molar refractivity (Wildman–Crippen MR) is 273 cm³/mol. The van der Waals surface area contributed by atoms with Gasteiger partial charge in [0.1, 0.15) is 0 Å². The van der Waals surface area contributed by atoms with Gasteiger partial charge in [-0.25, -0.2) is 0 Å². The summed E-state index contributed by atoms with van der Waals surface area (Å²) < 4.78 is 4.72. The Morgan fingerprint density at radius 1 is 0.394 bits per heavy atom. The van der Waals surface area contributed by atoms with E-state index in [-0.39, 0.29) is 0 Å². The van der Waals surface area contributed by atoms with Crippen LogP contribution in [0.5, 0.6) is 0 Å². The average Bonchev–Trinajstić information content (AvgIpc) is 4.05. The monoisotopic (exact) mass is 842 g/mol. The van der Waals surface area contributed by atoms with Gasteiger partial charge < -0.3 is 14.0 Å². The molecule has 0 radical (unpaired) electrons. The van der Waals surface area contributed by atoms with Crippen molar-refractivity contribution in [2.24, 2.45) is 0 Å². The molecule has 0 saturated carbocycles. The zero-order chi connectivity index (χ0) is 43.6. The predicted octanol–water partition coefficient (Wildman–Crippen LogP) is 15.6. The van der Waals surface area contributed by atoms with E-state index in [0.717, 1.165) is 45.2 Å². The highest BCUT2D eigenvalue weighted by Gasteiger charge is 2.46. The molecule has 1 aliphatic carbocycles. The molecular formula is C62H42N4. The van der Waals surface area contributed by atoms with Gasteiger partial charge in [-0.3, -0.25) is 4.98 Å². The molecule has 0 N–H and O–H groups in total. The fourth-order valence-corrected chi connectivity index (χ4v) is 10.8. The van der Waals surface area contributed by atoms with Gasteiger partial charge in [-0.15, -0.1) is 0 Å². The highest BCUT2D eigenvalue weighted by atomic mass is 15.1. The van der Waals surface area contributed by atoms with Crippen LogP contribution < -0.4 is 4.90 Å². The zero-order valence-corrected chi connectivity index (χ0v) is 36.0. The molecule has 0 atom stereocenters. The molecule has 0 amide bonds. The van der Waals surface area contributed by atoms with Gasteiger partial charge in [0.25, 0.3) is 0 Å². The van der Waals surface area contributed by atoms with Crippen LogP contribution in [-0.4, -0.2) is 14.1 Å². The van der Waals surface area contributed by atoms with Crippen LogP contribution in [0.4, 0.5) is 17.1 Å². The summed E-state index contributed by atoms with van der Waals surface area (Å²) in [5, 5.41) is 3.57. The number of nitrogens with zero attached hydrogens (tertiary/aromatic N) is 4. The lowest BCUT2D eigenvalue weighted by Crippen LogP contribution is -2.28. The van der Waals surface area contributed by atoms with Crippen LogP contribution in [0.2, 0.25) is 0 Å². The fraction of sp³-hybridized carbons (Fsp3) is 0.0161. The van der Waals surface area contributed by atoms with Crippen LogP contribution in [0.25, 0.3) is 66.5 Å². The van der Waals surface area contributed by atoms with E-state index in [1.807, 2.05) is 18.3 Å². The van der Waals surface area contributed by atoms with Gasteiger partial charge in [-0.1, -0.05) is 146 Å². The summed E-state index contributed by atoms with van der Waals surface area (Å²) >= 11 is 0. The quantitative estimate of drug-likeness (QED) is 0.152. The Hall–Kier alpha value is -8.73. The Kier molecular flexibility index (Phi) is 8.72. The molecule has 0 bridgehead atoms. The largest absolute Gasteiger partial charge is 0.317 e. The molecule has 0 spiro atoms. The van der Waals surface area contributed by atoms with Gasteiger partial charge in [0, 0.05) is 62.6 Å². The van der Waals surface area contributed by atoms with Crippen LogP contribution in [-0.2, 0) is 5.41 Å². The number of hydrogen-bond acceptors (Lipinski definition) is 2. The van der Waals surface area contributed by atoms with E-state index in [1.165, 1.54) is 60.6 Å². The van der Waals surface area contributed by atoms with Gasteiger partial charge in [0.05, 0.1) is 27.7 Å². The van der Waals surface area contributed by atoms with E-state index in [2.05, 4.69) is 256 Å². The van der Waals surface area contributed by atoms with Crippen molar-refractivity contribution in [2.45, 2.75) is 5.41 Å². The number of rotatable bonds is 8. The number of benzene rings is 9. The topological polar surface area (TPSA) is 26.0 Å². The van der Waals surface area contributed by atoms with Crippen LogP contribution in [0.1, 0.15) is 22.3 Å². The van der Waals surface area contributed by atoms with E-state index in [9.17, 15) is 0 Å². The maximum Gasteiger partial charge on any atom is 0.0714 e. The third-order valence-corrected chi connectivity index (χ3v) is 13.7. The smallest absolute Gasteiger partial charge is 0.0714 e. The Morgan fingerprint density at radius 2 is 0.985 bits per heavy atom. The van der Waals surface area contributed by atoms with Crippen molar-refractivity contribution in [3.63, 3.8) is 0 Å². The summed E-state index contributed by atoms with van der Waals surface area (Å²) in [6.45, 7) is 0. The van der Waals surface area contributed by atoms with Crippen LogP contribution in [0, 0.1) is 0 Å². The summed E-state index contributed by atoms with van der Waals surface area (Å²) in [5.74, 6) is 0. The first kappa shape index (κ1) is 37.8. The van der Waals surface area contributed by atoms with Gasteiger partial charge in [-0.2, -0.15) is 0 Å². The fourth-order valence-electron chi connectivity index (χ4n) is 10.8. The maximum atomic E-state index is 4.69. The lowest BCUT2D eigenvalue weighted by Gasteiger charge is -2.35. The van der Waals surface area contributed by atoms with Crippen molar-refractivity contribution >= 4 is 49.8 Å². The van der Waals surface area contributed by atoms with E-state index >= 15 is 0 Å². The first-order valence-electron chi connectivity index (χ1n) is 22.6. The minimum Gasteiger partial charge on any atom is -0.317 e. The van der Waals surface area contributed by atoms with Crippen molar-refractivity contribution in [1.29, 1.82) is 0 Å². The highest BCUT2D eigenvalue weighted by Crippen LogP contribution is 2.57. The van der Waals surface area contributed by atoms with Crippen molar-refractivity contribution in [3.05, 3.63) is 277 Å². The number of hydrogen-bond donors (Lipinski definition) is 0. The van der Waals surface area contributed by atoms with E-state index in [4.69, 9.17) is 0 Å². The third-order valence-electron chi connectivity index (χ3n) is 13.7. The summed E-state index contributed by atoms with van der Waals surface area (Å²) in [4.78, 5) is 7.12. The van der Waals surface area contributed by atoms with Crippen molar-refractivity contribution in [2.75, 3.05) is 4.90 Å². The van der Waals surface area contributed by atoms with Crippen molar-refractivity contribution in [3.8, 4) is 33.8 Å². The summed E-state index contributed by atoms with van der Waals surface area (Å²) in [7, 11) is 0. The molecule has 4 heteroatoms. The molecule has 3 aromatic heterocycles. The molecule has 0 unspecified atom stereocenters. The standard InChI is InChI=1S/C62H42N4/c1-5-17-45(18-6-1)62(46-19-7-2-8-20-46)56-26-14-13-25-52(56)53-34-32-51(41-57(53)62)65(49-30-28-43(29-31-49)58-27-15-16-37-63-58)50-33-35-59-54(40-50)55-42-60-44(36-38-64(60)47-21-9-3-10-22-47)39-61(55)66(59)48-23-11-4-12-24-48/h1-42H. The van der Waals surface area contributed by atoms with Gasteiger partial charge >= 0.3 is 0 Å². The second-order valence-electron chi connectivity index (χ2n) is 17.2. The summed E-state index contributed by atoms with van der Waals surface area (Å²) in [6.07, 6.45) is 4.04. The summed E-state index contributed by atoms with van der Waals surface area (Å²) in [6, 6.07) is 88.5. The molecule has 66 heavy (non-hydrogen) atoms. The molecule has 4 nitrogen and oxygen atoms in total. The minimum atomic E-state index is -0.537.